The molecule has 0 unspecified atom stereocenters. The molecule has 0 spiro atoms. The molecule has 0 aliphatic heterocycles. The van der Waals surface area contributed by atoms with Crippen LogP contribution in [0.25, 0.3) is 0 Å². The second-order valence-corrected chi connectivity index (χ2v) is 7.04. The zero-order valence-corrected chi connectivity index (χ0v) is 16.4. The van der Waals surface area contributed by atoms with Gasteiger partial charge in [0.1, 0.15) is 5.69 Å². The van der Waals surface area contributed by atoms with Crippen LogP contribution in [0.2, 0.25) is 0 Å². The number of rotatable bonds is 5. The second kappa shape index (κ2) is 8.33. The highest BCUT2D eigenvalue weighted by Gasteiger charge is 2.23. The van der Waals surface area contributed by atoms with Gasteiger partial charge in [0.05, 0.1) is 5.56 Å². The van der Waals surface area contributed by atoms with Gasteiger partial charge in [-0.1, -0.05) is 0 Å². The summed E-state index contributed by atoms with van der Waals surface area (Å²) >= 11 is 0. The number of carbonyl (C=O) groups excluding carboxylic acids is 2. The maximum absolute atomic E-state index is 13.4. The molecular weight excluding hydrogens is 368 g/mol. The maximum Gasteiger partial charge on any atom is 0.274 e. The van der Waals surface area contributed by atoms with Crippen LogP contribution in [-0.2, 0) is 7.05 Å². The number of aryl methyl sites for hydroxylation is 1. The number of nitrogens with zero attached hydrogens (tertiary/aromatic N) is 2. The zero-order valence-electron chi connectivity index (χ0n) is 16.4. The number of halogens is 2. The SMILES string of the molecule is CC(C)N(C(=O)c1cc(NC(=O)c2ccc(F)c(F)c2)c(=O)n(C)c1)C(C)C. The van der Waals surface area contributed by atoms with Crippen molar-refractivity contribution in [1.29, 1.82) is 0 Å². The average molecular weight is 391 g/mol. The molecule has 28 heavy (non-hydrogen) atoms. The normalized spacial score (nSPS) is 11.0. The molecule has 8 heteroatoms. The minimum atomic E-state index is -1.17. The van der Waals surface area contributed by atoms with Crippen LogP contribution in [0.15, 0.2) is 35.3 Å². The first-order chi connectivity index (χ1) is 13.0. The quantitative estimate of drug-likeness (QED) is 0.851. The highest BCUT2D eigenvalue weighted by Crippen LogP contribution is 2.15. The lowest BCUT2D eigenvalue weighted by atomic mass is 10.1. The largest absolute Gasteiger partial charge is 0.334 e. The van der Waals surface area contributed by atoms with Gasteiger partial charge >= 0.3 is 0 Å². The predicted octanol–water partition coefficient (Wildman–Crippen LogP) is 3.17. The molecule has 6 nitrogen and oxygen atoms in total. The molecule has 0 saturated heterocycles. The minimum absolute atomic E-state index is 0.0648. The van der Waals surface area contributed by atoms with E-state index in [0.29, 0.717) is 0 Å². The van der Waals surface area contributed by atoms with E-state index in [-0.39, 0.29) is 34.8 Å². The lowest BCUT2D eigenvalue weighted by Crippen LogP contribution is -2.42. The van der Waals surface area contributed by atoms with E-state index in [1.807, 2.05) is 27.7 Å². The summed E-state index contributed by atoms with van der Waals surface area (Å²) < 4.78 is 27.6. The van der Waals surface area contributed by atoms with Crippen LogP contribution in [0.5, 0.6) is 0 Å². The molecule has 2 aromatic rings. The predicted molar refractivity (Wildman–Crippen MR) is 102 cm³/mol. The smallest absolute Gasteiger partial charge is 0.274 e. The molecule has 0 fully saturated rings. The van der Waals surface area contributed by atoms with Crippen molar-refractivity contribution in [2.45, 2.75) is 39.8 Å². The molecule has 2 rings (SSSR count). The van der Waals surface area contributed by atoms with E-state index in [2.05, 4.69) is 5.32 Å². The summed E-state index contributed by atoms with van der Waals surface area (Å²) in [6, 6.07) is 3.83. The highest BCUT2D eigenvalue weighted by molar-refractivity contribution is 6.05. The van der Waals surface area contributed by atoms with Crippen molar-refractivity contribution in [3.8, 4) is 0 Å². The molecule has 0 bridgehead atoms. The van der Waals surface area contributed by atoms with Gasteiger partial charge in [0.2, 0.25) is 0 Å². The molecule has 1 N–H and O–H groups in total. The first-order valence-electron chi connectivity index (χ1n) is 8.82. The fourth-order valence-electron chi connectivity index (χ4n) is 2.96. The third-order valence-corrected chi connectivity index (χ3v) is 4.21. The molecule has 1 aromatic carbocycles. The van der Waals surface area contributed by atoms with Gasteiger partial charge in [-0.15, -0.1) is 0 Å². The minimum Gasteiger partial charge on any atom is -0.334 e. The summed E-state index contributed by atoms with van der Waals surface area (Å²) in [5.41, 5.74) is -0.586. The van der Waals surface area contributed by atoms with E-state index >= 15 is 0 Å². The van der Waals surface area contributed by atoms with Gasteiger partial charge in [-0.3, -0.25) is 14.4 Å². The number of benzene rings is 1. The Labute approximate surface area is 161 Å². The van der Waals surface area contributed by atoms with Crippen LogP contribution >= 0.6 is 0 Å². The van der Waals surface area contributed by atoms with Crippen molar-refractivity contribution in [3.05, 3.63) is 63.6 Å². The molecule has 0 aliphatic rings. The van der Waals surface area contributed by atoms with Crippen molar-refractivity contribution in [2.24, 2.45) is 7.05 Å². The number of aromatic nitrogens is 1. The highest BCUT2D eigenvalue weighted by atomic mass is 19.2. The third kappa shape index (κ3) is 4.44. The molecule has 0 atom stereocenters. The topological polar surface area (TPSA) is 71.4 Å². The van der Waals surface area contributed by atoms with Gasteiger partial charge in [0.15, 0.2) is 11.6 Å². The van der Waals surface area contributed by atoms with Crippen molar-refractivity contribution >= 4 is 17.5 Å². The monoisotopic (exact) mass is 391 g/mol. The summed E-state index contributed by atoms with van der Waals surface area (Å²) in [6.45, 7) is 7.52. The first-order valence-corrected chi connectivity index (χ1v) is 8.82. The Kier molecular flexibility index (Phi) is 6.33. The van der Waals surface area contributed by atoms with E-state index in [1.165, 1.54) is 23.9 Å². The van der Waals surface area contributed by atoms with Crippen molar-refractivity contribution in [3.63, 3.8) is 0 Å². The van der Waals surface area contributed by atoms with Gasteiger partial charge in [-0.05, 0) is 52.0 Å². The third-order valence-electron chi connectivity index (χ3n) is 4.21. The fourth-order valence-corrected chi connectivity index (χ4v) is 2.96. The number of hydrogen-bond donors (Lipinski definition) is 1. The van der Waals surface area contributed by atoms with Gasteiger partial charge in [0.25, 0.3) is 17.4 Å². The van der Waals surface area contributed by atoms with Crippen molar-refractivity contribution < 1.29 is 18.4 Å². The van der Waals surface area contributed by atoms with Crippen molar-refractivity contribution in [1.82, 2.24) is 9.47 Å². The lowest BCUT2D eigenvalue weighted by molar-refractivity contribution is 0.0642. The number of anilines is 1. The Bertz CT molecular complexity index is 960. The number of nitrogens with one attached hydrogen (secondary N) is 1. The van der Waals surface area contributed by atoms with Crippen LogP contribution in [0.4, 0.5) is 14.5 Å². The second-order valence-electron chi connectivity index (χ2n) is 7.04. The van der Waals surface area contributed by atoms with Crippen LogP contribution in [0.1, 0.15) is 48.4 Å². The van der Waals surface area contributed by atoms with Gasteiger partial charge < -0.3 is 14.8 Å². The molecule has 0 aliphatic carbocycles. The fraction of sp³-hybridized carbons (Fsp3) is 0.350. The number of amides is 2. The molecule has 0 radical (unpaired) electrons. The number of hydrogen-bond acceptors (Lipinski definition) is 3. The van der Waals surface area contributed by atoms with E-state index in [9.17, 15) is 23.2 Å². The molecule has 2 amide bonds. The van der Waals surface area contributed by atoms with Gasteiger partial charge in [-0.2, -0.15) is 0 Å². The molecule has 0 saturated carbocycles. The molecule has 1 aromatic heterocycles. The number of carbonyl (C=O) groups is 2. The van der Waals surface area contributed by atoms with E-state index in [0.717, 1.165) is 18.2 Å². The Morgan fingerprint density at radius 3 is 2.14 bits per heavy atom. The van der Waals surface area contributed by atoms with E-state index in [1.54, 1.807) is 4.90 Å². The van der Waals surface area contributed by atoms with Crippen LogP contribution in [0.3, 0.4) is 0 Å². The van der Waals surface area contributed by atoms with Gasteiger partial charge in [-0.25, -0.2) is 8.78 Å². The average Bonchev–Trinajstić information content (AvgIpc) is 2.60. The molecule has 1 heterocycles. The Balaban J connectivity index is 2.40. The summed E-state index contributed by atoms with van der Waals surface area (Å²) in [6.07, 6.45) is 1.40. The van der Waals surface area contributed by atoms with E-state index in [4.69, 9.17) is 0 Å². The van der Waals surface area contributed by atoms with Crippen LogP contribution in [-0.4, -0.2) is 33.4 Å². The summed E-state index contributed by atoms with van der Waals surface area (Å²) in [7, 11) is 1.46. The van der Waals surface area contributed by atoms with Crippen molar-refractivity contribution in [2.75, 3.05) is 5.32 Å². The Morgan fingerprint density at radius 1 is 1.00 bits per heavy atom. The summed E-state index contributed by atoms with van der Waals surface area (Å²) in [5.74, 6) is -3.33. The summed E-state index contributed by atoms with van der Waals surface area (Å²) in [5, 5.41) is 2.37. The first kappa shape index (κ1) is 21.3. The number of pyridine rings is 1. The van der Waals surface area contributed by atoms with Crippen LogP contribution in [0, 0.1) is 11.6 Å². The lowest BCUT2D eigenvalue weighted by Gasteiger charge is -2.31. The summed E-state index contributed by atoms with van der Waals surface area (Å²) in [4.78, 5) is 39.2. The Hall–Kier alpha value is -3.03. The Morgan fingerprint density at radius 2 is 1.61 bits per heavy atom. The maximum atomic E-state index is 13.4. The molecule has 150 valence electrons. The van der Waals surface area contributed by atoms with Gasteiger partial charge in [0, 0.05) is 30.9 Å². The zero-order chi connectivity index (χ0) is 21.2. The standard InChI is InChI=1S/C20H23F2N3O3/c1-11(2)25(12(3)4)19(27)14-9-17(20(28)24(5)10-14)23-18(26)13-6-7-15(21)16(22)8-13/h6-12H,1-5H3,(H,23,26). The van der Waals surface area contributed by atoms with Crippen LogP contribution < -0.4 is 10.9 Å². The molecular formula is C20H23F2N3O3. The van der Waals surface area contributed by atoms with E-state index < -0.39 is 23.1 Å².